The molecule has 1 saturated heterocycles. The van der Waals surface area contributed by atoms with Crippen molar-refractivity contribution in [3.63, 3.8) is 0 Å². The molecule has 0 aliphatic carbocycles. The van der Waals surface area contributed by atoms with Crippen LogP contribution in [0.1, 0.15) is 20.8 Å². The molecule has 0 aromatic heterocycles. The van der Waals surface area contributed by atoms with Gasteiger partial charge in [0.2, 0.25) is 0 Å². The van der Waals surface area contributed by atoms with Crippen molar-refractivity contribution in [1.82, 2.24) is 0 Å². The third-order valence-electron chi connectivity index (χ3n) is 2.89. The van der Waals surface area contributed by atoms with Gasteiger partial charge in [-0.3, -0.25) is 18.9 Å². The Labute approximate surface area is 137 Å². The van der Waals surface area contributed by atoms with Crippen molar-refractivity contribution in [3.8, 4) is 0 Å². The smallest absolute Gasteiger partial charge is 0.303 e. The lowest BCUT2D eigenvalue weighted by atomic mass is 9.99. The summed E-state index contributed by atoms with van der Waals surface area (Å²) < 4.78 is 50.7. The molecule has 0 radical (unpaired) electrons. The van der Waals surface area contributed by atoms with Crippen LogP contribution >= 0.6 is 0 Å². The molecule has 2 N–H and O–H groups in total. The van der Waals surface area contributed by atoms with Gasteiger partial charge in [-0.2, -0.15) is 8.42 Å². The van der Waals surface area contributed by atoms with Crippen LogP contribution in [0.3, 0.4) is 0 Å². The van der Waals surface area contributed by atoms with Gasteiger partial charge in [0, 0.05) is 20.8 Å². The molecule has 1 aliphatic heterocycles. The molecule has 0 bridgehead atoms. The van der Waals surface area contributed by atoms with E-state index in [1.807, 2.05) is 0 Å². The molecule has 12 heteroatoms. The third-order valence-corrected chi connectivity index (χ3v) is 3.64. The zero-order chi connectivity index (χ0) is 18.7. The van der Waals surface area contributed by atoms with E-state index in [1.165, 1.54) is 0 Å². The second kappa shape index (κ2) is 7.88. The molecule has 0 aromatic rings. The molecule has 1 rings (SSSR count). The van der Waals surface area contributed by atoms with E-state index in [0.717, 1.165) is 20.8 Å². The normalized spacial score (nSPS) is 30.3. The second-order valence-electron chi connectivity index (χ2n) is 5.04. The van der Waals surface area contributed by atoms with Crippen molar-refractivity contribution >= 4 is 28.0 Å². The van der Waals surface area contributed by atoms with Crippen LogP contribution < -0.4 is 0 Å². The highest BCUT2D eigenvalue weighted by molar-refractivity contribution is 7.85. The van der Waals surface area contributed by atoms with Gasteiger partial charge in [0.05, 0.1) is 0 Å². The minimum absolute atomic E-state index is 0.852. The summed E-state index contributed by atoms with van der Waals surface area (Å²) in [4.78, 5) is 33.7. The molecular formula is C12H18O11S. The van der Waals surface area contributed by atoms with E-state index in [2.05, 4.69) is 0 Å². The molecule has 0 aromatic carbocycles. The topological polar surface area (TPSA) is 163 Å². The van der Waals surface area contributed by atoms with Crippen LogP contribution in [-0.2, 0) is 43.4 Å². The second-order valence-corrected chi connectivity index (χ2v) is 6.53. The summed E-state index contributed by atoms with van der Waals surface area (Å²) in [6.45, 7) is 3.03. The lowest BCUT2D eigenvalue weighted by Crippen LogP contribution is -2.62. The SMILES string of the molecule is CC(=O)O[C@H]1[C@@H](OC(C)=O)[C@@H](O)O[C@H](CS(=O)(=O)O)[C@H]1OC(C)=O. The Morgan fingerprint density at radius 3 is 1.75 bits per heavy atom. The fourth-order valence-corrected chi connectivity index (χ4v) is 2.90. The van der Waals surface area contributed by atoms with Gasteiger partial charge in [-0.25, -0.2) is 0 Å². The quantitative estimate of drug-likeness (QED) is 0.325. The van der Waals surface area contributed by atoms with Crippen LogP contribution in [0.25, 0.3) is 0 Å². The maximum absolute atomic E-state index is 11.3. The van der Waals surface area contributed by atoms with E-state index < -0.39 is 64.5 Å². The van der Waals surface area contributed by atoms with E-state index >= 15 is 0 Å². The van der Waals surface area contributed by atoms with Gasteiger partial charge < -0.3 is 24.1 Å². The van der Waals surface area contributed by atoms with Crippen LogP contribution in [0, 0.1) is 0 Å². The Bertz CT molecular complexity index is 598. The van der Waals surface area contributed by atoms with Gasteiger partial charge in [-0.1, -0.05) is 0 Å². The van der Waals surface area contributed by atoms with Gasteiger partial charge in [0.1, 0.15) is 11.9 Å². The first-order valence-corrected chi connectivity index (χ1v) is 8.32. The molecular weight excluding hydrogens is 352 g/mol. The number of hydrogen-bond acceptors (Lipinski definition) is 10. The van der Waals surface area contributed by atoms with Crippen LogP contribution in [-0.4, -0.2) is 72.4 Å². The van der Waals surface area contributed by atoms with E-state index in [-0.39, 0.29) is 0 Å². The Morgan fingerprint density at radius 1 is 0.917 bits per heavy atom. The van der Waals surface area contributed by atoms with E-state index in [0.29, 0.717) is 0 Å². The molecule has 0 spiro atoms. The summed E-state index contributed by atoms with van der Waals surface area (Å²) in [7, 11) is -4.58. The number of esters is 3. The zero-order valence-electron chi connectivity index (χ0n) is 13.1. The highest BCUT2D eigenvalue weighted by Crippen LogP contribution is 2.28. The summed E-state index contributed by atoms with van der Waals surface area (Å²) in [5, 5.41) is 9.91. The first-order valence-electron chi connectivity index (χ1n) is 6.71. The standard InChI is InChI=1S/C12H18O11S/c1-5(13)20-9-8(4-24(17,18)19)23-12(16)11(22-7(3)15)10(9)21-6(2)14/h8-12,16H,4H2,1-3H3,(H,17,18,19)/t8-,9-,10-,11-,12+/m1/s1. The van der Waals surface area contributed by atoms with E-state index in [4.69, 9.17) is 23.5 Å². The number of carbonyl (C=O) groups excluding carboxylic acids is 3. The first kappa shape index (κ1) is 20.3. The number of aliphatic hydroxyl groups excluding tert-OH is 1. The van der Waals surface area contributed by atoms with E-state index in [1.54, 1.807) is 0 Å². The Hall–Kier alpha value is -1.76. The molecule has 5 atom stereocenters. The first-order chi connectivity index (χ1) is 10.9. The Kier molecular flexibility index (Phi) is 6.66. The molecule has 0 amide bonds. The largest absolute Gasteiger partial charge is 0.456 e. The van der Waals surface area contributed by atoms with Crippen LogP contribution in [0.5, 0.6) is 0 Å². The predicted octanol–water partition coefficient (Wildman–Crippen LogP) is -1.61. The van der Waals surface area contributed by atoms with Gasteiger partial charge in [0.15, 0.2) is 24.6 Å². The molecule has 1 aliphatic rings. The molecule has 138 valence electrons. The molecule has 24 heavy (non-hydrogen) atoms. The van der Waals surface area contributed by atoms with Crippen LogP contribution in [0.15, 0.2) is 0 Å². The van der Waals surface area contributed by atoms with Crippen LogP contribution in [0.4, 0.5) is 0 Å². The van der Waals surface area contributed by atoms with Crippen molar-refractivity contribution in [2.24, 2.45) is 0 Å². The van der Waals surface area contributed by atoms with E-state index in [9.17, 15) is 27.9 Å². The molecule has 1 fully saturated rings. The average molecular weight is 370 g/mol. The summed E-state index contributed by atoms with van der Waals surface area (Å²) in [5.74, 6) is -3.64. The van der Waals surface area contributed by atoms with Crippen LogP contribution in [0.2, 0.25) is 0 Å². The molecule has 0 saturated carbocycles. The summed E-state index contributed by atoms with van der Waals surface area (Å²) >= 11 is 0. The van der Waals surface area contributed by atoms with Crippen molar-refractivity contribution in [1.29, 1.82) is 0 Å². The monoisotopic (exact) mass is 370 g/mol. The fraction of sp³-hybridized carbons (Fsp3) is 0.750. The van der Waals surface area contributed by atoms with Crippen molar-refractivity contribution in [2.75, 3.05) is 5.75 Å². The summed E-state index contributed by atoms with van der Waals surface area (Å²) in [6, 6.07) is 0. The summed E-state index contributed by atoms with van der Waals surface area (Å²) in [6.07, 6.45) is -8.08. The maximum Gasteiger partial charge on any atom is 0.303 e. The van der Waals surface area contributed by atoms with Gasteiger partial charge in [-0.15, -0.1) is 0 Å². The number of hydrogen-bond donors (Lipinski definition) is 2. The number of rotatable bonds is 5. The maximum atomic E-state index is 11.3. The van der Waals surface area contributed by atoms with Crippen molar-refractivity contribution in [2.45, 2.75) is 51.5 Å². The minimum atomic E-state index is -4.58. The fourth-order valence-electron chi connectivity index (χ4n) is 2.21. The molecule has 11 nitrogen and oxygen atoms in total. The number of carbonyl (C=O) groups is 3. The van der Waals surface area contributed by atoms with Crippen molar-refractivity contribution in [3.05, 3.63) is 0 Å². The average Bonchev–Trinajstić information content (AvgIpc) is 2.35. The Balaban J connectivity index is 3.23. The molecule has 1 heterocycles. The number of aliphatic hydroxyl groups is 1. The number of ether oxygens (including phenoxy) is 4. The lowest BCUT2D eigenvalue weighted by molar-refractivity contribution is -0.287. The minimum Gasteiger partial charge on any atom is -0.456 e. The highest BCUT2D eigenvalue weighted by atomic mass is 32.2. The highest BCUT2D eigenvalue weighted by Gasteiger charge is 2.52. The molecule has 0 unspecified atom stereocenters. The van der Waals surface area contributed by atoms with Crippen molar-refractivity contribution < 1.29 is 51.4 Å². The van der Waals surface area contributed by atoms with Gasteiger partial charge in [-0.05, 0) is 0 Å². The Morgan fingerprint density at radius 2 is 1.33 bits per heavy atom. The zero-order valence-corrected chi connectivity index (χ0v) is 13.9. The third kappa shape index (κ3) is 6.03. The van der Waals surface area contributed by atoms with Gasteiger partial charge >= 0.3 is 17.9 Å². The predicted molar refractivity (Wildman–Crippen MR) is 74.0 cm³/mol. The lowest BCUT2D eigenvalue weighted by Gasteiger charge is -2.42. The van der Waals surface area contributed by atoms with Gasteiger partial charge in [0.25, 0.3) is 10.1 Å². The summed E-state index contributed by atoms with van der Waals surface area (Å²) in [5.41, 5.74) is 0.